The molecule has 1 aliphatic heterocycles. The molecular formula is C28H27NO2. The molecule has 0 unspecified atom stereocenters. The zero-order valence-electron chi connectivity index (χ0n) is 17.5. The molecule has 3 heteroatoms. The van der Waals surface area contributed by atoms with Crippen molar-refractivity contribution in [2.75, 3.05) is 6.61 Å². The topological polar surface area (TPSA) is 23.4 Å². The third kappa shape index (κ3) is 3.95. The van der Waals surface area contributed by atoms with Crippen LogP contribution < -0.4 is 0 Å². The molecule has 0 bridgehead atoms. The van der Waals surface area contributed by atoms with Gasteiger partial charge in [0.15, 0.2) is 0 Å². The van der Waals surface area contributed by atoms with E-state index in [0.717, 1.165) is 29.5 Å². The molecule has 1 aliphatic rings. The largest absolute Gasteiger partial charge is 0.358 e. The standard InChI is InChI=1S/C28H27NO2/c1-4-12-23(13-5-1)28(24-14-6-2-7-15-24,25-16-8-3-9-17-25)30-22-26-18-19-27(31-26)29-20-10-11-21-29/h1-17,20-21,26-27H,18-19,22H2/t26-,27-/m0/s1. The van der Waals surface area contributed by atoms with Crippen LogP contribution in [0.15, 0.2) is 116 Å². The van der Waals surface area contributed by atoms with Crippen LogP contribution in [0.3, 0.4) is 0 Å². The normalized spacial score (nSPS) is 18.8. The first-order valence-electron chi connectivity index (χ1n) is 10.9. The van der Waals surface area contributed by atoms with Gasteiger partial charge in [-0.25, -0.2) is 0 Å². The van der Waals surface area contributed by atoms with Crippen LogP contribution in [0, 0.1) is 0 Å². The molecule has 31 heavy (non-hydrogen) atoms. The number of benzene rings is 3. The summed E-state index contributed by atoms with van der Waals surface area (Å²) in [6, 6.07) is 35.6. The first-order chi connectivity index (χ1) is 15.4. The van der Waals surface area contributed by atoms with Gasteiger partial charge in [-0.2, -0.15) is 0 Å². The predicted octanol–water partition coefficient (Wildman–Crippen LogP) is 6.17. The van der Waals surface area contributed by atoms with Crippen molar-refractivity contribution in [3.05, 3.63) is 132 Å². The fourth-order valence-corrected chi connectivity index (χ4v) is 4.56. The molecule has 5 rings (SSSR count). The number of hydrogen-bond donors (Lipinski definition) is 0. The maximum atomic E-state index is 6.90. The molecule has 2 heterocycles. The van der Waals surface area contributed by atoms with Crippen molar-refractivity contribution in [2.45, 2.75) is 30.8 Å². The summed E-state index contributed by atoms with van der Waals surface area (Å²) in [7, 11) is 0. The number of nitrogens with zero attached hydrogens (tertiary/aromatic N) is 1. The van der Waals surface area contributed by atoms with Crippen LogP contribution in [-0.4, -0.2) is 17.3 Å². The van der Waals surface area contributed by atoms with Gasteiger partial charge in [-0.15, -0.1) is 0 Å². The van der Waals surface area contributed by atoms with Crippen LogP contribution in [0.1, 0.15) is 35.8 Å². The molecule has 1 saturated heterocycles. The molecule has 0 aliphatic carbocycles. The van der Waals surface area contributed by atoms with E-state index in [1.807, 2.05) is 30.3 Å². The summed E-state index contributed by atoms with van der Waals surface area (Å²) < 4.78 is 15.4. The maximum absolute atomic E-state index is 6.90. The lowest BCUT2D eigenvalue weighted by Gasteiger charge is -2.36. The minimum absolute atomic E-state index is 0.0583. The zero-order valence-corrected chi connectivity index (χ0v) is 17.5. The lowest BCUT2D eigenvalue weighted by molar-refractivity contribution is -0.0763. The lowest BCUT2D eigenvalue weighted by Crippen LogP contribution is -2.35. The highest BCUT2D eigenvalue weighted by atomic mass is 16.6. The summed E-state index contributed by atoms with van der Waals surface area (Å²) in [6.07, 6.45) is 6.26. The Morgan fingerprint density at radius 3 is 1.65 bits per heavy atom. The Hall–Kier alpha value is -3.14. The van der Waals surface area contributed by atoms with Gasteiger partial charge in [0.1, 0.15) is 11.8 Å². The van der Waals surface area contributed by atoms with Crippen molar-refractivity contribution >= 4 is 0 Å². The molecule has 1 aromatic heterocycles. The molecule has 0 saturated carbocycles. The summed E-state index contributed by atoms with van der Waals surface area (Å²) in [4.78, 5) is 0. The third-order valence-electron chi connectivity index (χ3n) is 6.07. The van der Waals surface area contributed by atoms with E-state index in [1.54, 1.807) is 0 Å². The monoisotopic (exact) mass is 409 g/mol. The summed E-state index contributed by atoms with van der Waals surface area (Å²) in [5.41, 5.74) is 2.66. The van der Waals surface area contributed by atoms with E-state index < -0.39 is 5.60 Å². The van der Waals surface area contributed by atoms with E-state index >= 15 is 0 Å². The van der Waals surface area contributed by atoms with Crippen molar-refractivity contribution in [1.82, 2.24) is 4.57 Å². The van der Waals surface area contributed by atoms with Crippen molar-refractivity contribution in [2.24, 2.45) is 0 Å². The number of hydrogen-bond acceptors (Lipinski definition) is 2. The van der Waals surface area contributed by atoms with Gasteiger partial charge in [0, 0.05) is 12.4 Å². The molecule has 3 nitrogen and oxygen atoms in total. The Kier molecular flexibility index (Phi) is 5.70. The number of aromatic nitrogens is 1. The summed E-state index contributed by atoms with van der Waals surface area (Å²) >= 11 is 0. The van der Waals surface area contributed by atoms with E-state index in [9.17, 15) is 0 Å². The van der Waals surface area contributed by atoms with Gasteiger partial charge in [0.05, 0.1) is 12.7 Å². The fraction of sp³-hybridized carbons (Fsp3) is 0.214. The van der Waals surface area contributed by atoms with Crippen LogP contribution in [-0.2, 0) is 15.1 Å². The lowest BCUT2D eigenvalue weighted by atomic mass is 9.80. The fourth-order valence-electron chi connectivity index (χ4n) is 4.56. The number of rotatable bonds is 7. The van der Waals surface area contributed by atoms with E-state index in [0.29, 0.717) is 6.61 Å². The van der Waals surface area contributed by atoms with E-state index in [4.69, 9.17) is 9.47 Å². The Balaban J connectivity index is 1.50. The highest BCUT2D eigenvalue weighted by Crippen LogP contribution is 2.41. The molecule has 0 radical (unpaired) electrons. The Morgan fingerprint density at radius 2 is 1.16 bits per heavy atom. The molecule has 3 aromatic carbocycles. The van der Waals surface area contributed by atoms with Gasteiger partial charge in [-0.05, 0) is 41.7 Å². The smallest absolute Gasteiger partial charge is 0.143 e. The van der Waals surface area contributed by atoms with Gasteiger partial charge < -0.3 is 14.0 Å². The van der Waals surface area contributed by atoms with E-state index in [1.165, 1.54) is 0 Å². The summed E-state index contributed by atoms with van der Waals surface area (Å²) in [5.74, 6) is 0. The van der Waals surface area contributed by atoms with Crippen molar-refractivity contribution in [3.8, 4) is 0 Å². The van der Waals surface area contributed by atoms with Gasteiger partial charge in [-0.1, -0.05) is 91.0 Å². The van der Waals surface area contributed by atoms with Crippen LogP contribution in [0.2, 0.25) is 0 Å². The molecular weight excluding hydrogens is 382 g/mol. The molecule has 156 valence electrons. The quantitative estimate of drug-likeness (QED) is 0.341. The third-order valence-corrected chi connectivity index (χ3v) is 6.07. The average molecular weight is 410 g/mol. The first-order valence-corrected chi connectivity index (χ1v) is 10.9. The molecule has 0 amide bonds. The second kappa shape index (κ2) is 8.93. The van der Waals surface area contributed by atoms with Crippen molar-refractivity contribution in [3.63, 3.8) is 0 Å². The Bertz CT molecular complexity index is 965. The molecule has 4 aromatic rings. The van der Waals surface area contributed by atoms with Gasteiger partial charge >= 0.3 is 0 Å². The highest BCUT2D eigenvalue weighted by Gasteiger charge is 2.39. The van der Waals surface area contributed by atoms with Crippen LogP contribution in [0.25, 0.3) is 0 Å². The SMILES string of the molecule is c1ccc(C(OC[C@@H]2CC[C@@H](n3cccc3)O2)(c2ccccc2)c2ccccc2)cc1. The zero-order chi connectivity index (χ0) is 20.9. The van der Waals surface area contributed by atoms with Gasteiger partial charge in [0.25, 0.3) is 0 Å². The Labute approximate surface area is 183 Å². The van der Waals surface area contributed by atoms with E-state index in [-0.39, 0.29) is 12.3 Å². The summed E-state index contributed by atoms with van der Waals surface area (Å²) in [6.45, 7) is 0.524. The van der Waals surface area contributed by atoms with Gasteiger partial charge in [-0.3, -0.25) is 0 Å². The minimum atomic E-state index is -0.696. The Morgan fingerprint density at radius 1 is 0.677 bits per heavy atom. The first kappa shape index (κ1) is 19.8. The maximum Gasteiger partial charge on any atom is 0.143 e. The van der Waals surface area contributed by atoms with E-state index in [2.05, 4.69) is 89.8 Å². The van der Waals surface area contributed by atoms with Crippen molar-refractivity contribution in [1.29, 1.82) is 0 Å². The minimum Gasteiger partial charge on any atom is -0.358 e. The molecule has 0 N–H and O–H groups in total. The molecule has 1 fully saturated rings. The summed E-state index contributed by atoms with van der Waals surface area (Å²) in [5, 5.41) is 0. The average Bonchev–Trinajstić information content (AvgIpc) is 3.54. The highest BCUT2D eigenvalue weighted by molar-refractivity contribution is 5.47. The van der Waals surface area contributed by atoms with Crippen molar-refractivity contribution < 1.29 is 9.47 Å². The molecule has 2 atom stereocenters. The second-order valence-corrected chi connectivity index (χ2v) is 8.01. The van der Waals surface area contributed by atoms with Crippen LogP contribution >= 0.6 is 0 Å². The van der Waals surface area contributed by atoms with Crippen LogP contribution in [0.4, 0.5) is 0 Å². The van der Waals surface area contributed by atoms with Gasteiger partial charge in [0.2, 0.25) is 0 Å². The van der Waals surface area contributed by atoms with Crippen LogP contribution in [0.5, 0.6) is 0 Å². The molecule has 0 spiro atoms. The number of ether oxygens (including phenoxy) is 2. The predicted molar refractivity (Wildman–Crippen MR) is 123 cm³/mol. The second-order valence-electron chi connectivity index (χ2n) is 8.01.